The van der Waals surface area contributed by atoms with Crippen molar-refractivity contribution in [3.05, 3.63) is 0 Å². The first-order valence-electron chi connectivity index (χ1n) is 11.0. The highest BCUT2D eigenvalue weighted by atomic mass is 31.1. The molecule has 31 heavy (non-hydrogen) atoms. The van der Waals surface area contributed by atoms with Gasteiger partial charge in [-0.1, -0.05) is 8.58 Å². The first-order chi connectivity index (χ1) is 14.6. The van der Waals surface area contributed by atoms with Gasteiger partial charge in [-0.05, 0) is 27.7 Å². The van der Waals surface area contributed by atoms with Crippen LogP contribution in [-0.4, -0.2) is 79.3 Å². The Hall–Kier alpha value is -0.830. The van der Waals surface area contributed by atoms with Crippen molar-refractivity contribution in [3.8, 4) is 0 Å². The Labute approximate surface area is 184 Å². The molecule has 0 aliphatic carbocycles. The van der Waals surface area contributed by atoms with Crippen molar-refractivity contribution in [2.75, 3.05) is 26.4 Å². The Balaban J connectivity index is 1.52. The summed E-state index contributed by atoms with van der Waals surface area (Å²) in [6.07, 6.45) is 0.437. The van der Waals surface area contributed by atoms with Crippen LogP contribution in [0.1, 0.15) is 53.4 Å². The molecule has 0 spiro atoms. The zero-order chi connectivity index (χ0) is 22.3. The second kappa shape index (κ2) is 8.84. The van der Waals surface area contributed by atoms with Crippen molar-refractivity contribution in [3.63, 3.8) is 0 Å². The molecule has 4 bridgehead atoms. The Morgan fingerprint density at radius 3 is 1.87 bits per heavy atom. The molecule has 0 aromatic carbocycles. The second-order valence-electron chi connectivity index (χ2n) is 9.41. The molecular formula is C21H33O9P. The van der Waals surface area contributed by atoms with Crippen LogP contribution in [0.15, 0.2) is 0 Å². The van der Waals surface area contributed by atoms with Gasteiger partial charge in [0.15, 0.2) is 11.6 Å². The molecule has 0 N–H and O–H groups in total. The topological polar surface area (TPSA) is 98.8 Å². The summed E-state index contributed by atoms with van der Waals surface area (Å²) in [7, 11) is 0.500. The van der Waals surface area contributed by atoms with E-state index in [0.717, 1.165) is 0 Å². The fourth-order valence-corrected chi connectivity index (χ4v) is 6.35. The van der Waals surface area contributed by atoms with Crippen LogP contribution in [0, 0.1) is 0 Å². The van der Waals surface area contributed by atoms with Gasteiger partial charge >= 0.3 is 11.9 Å². The maximum atomic E-state index is 12.1. The summed E-state index contributed by atoms with van der Waals surface area (Å²) < 4.78 is 41.3. The maximum Gasteiger partial charge on any atom is 0.306 e. The highest BCUT2D eigenvalue weighted by Gasteiger charge is 2.54. The molecule has 0 saturated carbocycles. The van der Waals surface area contributed by atoms with E-state index in [0.29, 0.717) is 34.6 Å². The van der Waals surface area contributed by atoms with Crippen LogP contribution in [0.25, 0.3) is 0 Å². The van der Waals surface area contributed by atoms with Crippen molar-refractivity contribution >= 4 is 20.5 Å². The number of carbonyl (C=O) groups is 2. The fourth-order valence-electron chi connectivity index (χ4n) is 4.55. The highest BCUT2D eigenvalue weighted by molar-refractivity contribution is 7.41. The largest absolute Gasteiger partial charge is 0.462 e. The molecule has 4 rings (SSSR count). The number of esters is 2. The van der Waals surface area contributed by atoms with Gasteiger partial charge in [0.05, 0.1) is 43.6 Å². The average molecular weight is 460 g/mol. The standard InChI is InChI=1S/C21H33O9P/c1-19(2)30-17-13-11-26-20(3,28-13)7-5-15(22)24-9-10-25-16(23)6-8-21(4)27-12-14(29-21)18(17)31-19/h13-14,17-18,31H,5-12H2,1-4H3. The monoisotopic (exact) mass is 460 g/mol. The van der Waals surface area contributed by atoms with Crippen LogP contribution >= 0.6 is 8.58 Å². The van der Waals surface area contributed by atoms with Crippen molar-refractivity contribution in [1.82, 2.24) is 0 Å². The summed E-state index contributed by atoms with van der Waals surface area (Å²) in [4.78, 5) is 24.1. The predicted molar refractivity (Wildman–Crippen MR) is 110 cm³/mol. The van der Waals surface area contributed by atoms with Crippen LogP contribution in [0.2, 0.25) is 0 Å². The second-order valence-corrected chi connectivity index (χ2v) is 11.6. The van der Waals surface area contributed by atoms with Crippen molar-refractivity contribution < 1.29 is 42.7 Å². The van der Waals surface area contributed by atoms with Gasteiger partial charge in [-0.3, -0.25) is 9.59 Å². The highest BCUT2D eigenvalue weighted by Crippen LogP contribution is 2.53. The summed E-state index contributed by atoms with van der Waals surface area (Å²) in [5.41, 5.74) is 0.0866. The van der Waals surface area contributed by atoms with Crippen LogP contribution in [0.4, 0.5) is 0 Å². The molecule has 0 radical (unpaired) electrons. The van der Waals surface area contributed by atoms with E-state index in [9.17, 15) is 9.59 Å². The third-order valence-electron chi connectivity index (χ3n) is 6.15. The Morgan fingerprint density at radius 2 is 1.29 bits per heavy atom. The minimum atomic E-state index is -0.882. The van der Waals surface area contributed by atoms with Crippen LogP contribution in [0.3, 0.4) is 0 Å². The number of carbonyl (C=O) groups excluding carboxylic acids is 2. The molecule has 7 atom stereocenters. The molecule has 0 aromatic rings. The molecule has 176 valence electrons. The van der Waals surface area contributed by atoms with Gasteiger partial charge in [0.2, 0.25) is 0 Å². The lowest BCUT2D eigenvalue weighted by atomic mass is 10.1. The number of cyclic esters (lactones) is 2. The molecule has 4 saturated heterocycles. The van der Waals surface area contributed by atoms with Crippen LogP contribution in [-0.2, 0) is 42.7 Å². The van der Waals surface area contributed by atoms with Gasteiger partial charge in [-0.25, -0.2) is 0 Å². The van der Waals surface area contributed by atoms with E-state index >= 15 is 0 Å². The lowest BCUT2D eigenvalue weighted by Gasteiger charge is -2.30. The number of hydrogen-bond acceptors (Lipinski definition) is 9. The SMILES string of the molecule is CC12CCC(=O)OCCOC(=O)CCC3(C)OCC(O3)C3PC(C)(C)OC3C(CO1)O2. The van der Waals surface area contributed by atoms with Crippen molar-refractivity contribution in [2.24, 2.45) is 0 Å². The minimum Gasteiger partial charge on any atom is -0.462 e. The summed E-state index contributed by atoms with van der Waals surface area (Å²) in [6, 6.07) is 0. The first-order valence-corrected chi connectivity index (χ1v) is 12.0. The molecule has 4 heterocycles. The summed E-state index contributed by atoms with van der Waals surface area (Å²) in [5, 5.41) is -0.299. The molecule has 7 unspecified atom stereocenters. The molecule has 4 aliphatic rings. The number of rotatable bonds is 0. The molecule has 0 aromatic heterocycles. The lowest BCUT2D eigenvalue weighted by Crippen LogP contribution is -2.44. The zero-order valence-corrected chi connectivity index (χ0v) is 19.6. The Morgan fingerprint density at radius 1 is 0.774 bits per heavy atom. The number of hydrogen-bond donors (Lipinski definition) is 0. The average Bonchev–Trinajstić information content (AvgIpc) is 3.37. The summed E-state index contributed by atoms with van der Waals surface area (Å²) in [5.74, 6) is -2.48. The molecule has 9 nitrogen and oxygen atoms in total. The number of fused-ring (bicyclic) bond motifs is 7. The smallest absolute Gasteiger partial charge is 0.306 e. The van der Waals surface area contributed by atoms with E-state index in [1.54, 1.807) is 0 Å². The van der Waals surface area contributed by atoms with E-state index in [4.69, 9.17) is 33.2 Å². The molecule has 10 heteroatoms. The van der Waals surface area contributed by atoms with E-state index in [1.165, 1.54) is 0 Å². The summed E-state index contributed by atoms with van der Waals surface area (Å²) in [6.45, 7) is 8.71. The van der Waals surface area contributed by atoms with Gasteiger partial charge in [0, 0.05) is 18.5 Å². The van der Waals surface area contributed by atoms with Crippen LogP contribution in [0.5, 0.6) is 0 Å². The van der Waals surface area contributed by atoms with Crippen molar-refractivity contribution in [2.45, 2.75) is 94.3 Å². The van der Waals surface area contributed by atoms with Gasteiger partial charge < -0.3 is 33.2 Å². The number of ether oxygens (including phenoxy) is 7. The molecule has 4 aliphatic heterocycles. The third-order valence-corrected chi connectivity index (χ3v) is 8.00. The minimum absolute atomic E-state index is 0.0194. The maximum absolute atomic E-state index is 12.1. The quantitative estimate of drug-likeness (QED) is 0.397. The normalized spacial score (nSPS) is 44.9. The fraction of sp³-hybridized carbons (Fsp3) is 0.905. The van der Waals surface area contributed by atoms with Gasteiger partial charge in [-0.15, -0.1) is 0 Å². The van der Waals surface area contributed by atoms with Gasteiger partial charge in [0.25, 0.3) is 0 Å². The zero-order valence-electron chi connectivity index (χ0n) is 18.6. The van der Waals surface area contributed by atoms with E-state index < -0.39 is 11.6 Å². The van der Waals surface area contributed by atoms with Gasteiger partial charge in [-0.2, -0.15) is 0 Å². The van der Waals surface area contributed by atoms with Crippen LogP contribution < -0.4 is 0 Å². The molecule has 0 amide bonds. The van der Waals surface area contributed by atoms with Crippen molar-refractivity contribution in [1.29, 1.82) is 0 Å². The Bertz CT molecular complexity index is 644. The van der Waals surface area contributed by atoms with E-state index in [1.807, 2.05) is 13.8 Å². The Kier molecular flexibility index (Phi) is 6.65. The molecule has 4 fully saturated rings. The van der Waals surface area contributed by atoms with Gasteiger partial charge in [0.1, 0.15) is 19.3 Å². The van der Waals surface area contributed by atoms with E-state index in [-0.39, 0.29) is 67.3 Å². The van der Waals surface area contributed by atoms with E-state index in [2.05, 4.69) is 13.8 Å². The lowest BCUT2D eigenvalue weighted by molar-refractivity contribution is -0.187. The predicted octanol–water partition coefficient (Wildman–Crippen LogP) is 2.09. The molecular weight excluding hydrogens is 427 g/mol. The first kappa shape index (κ1) is 23.3. The summed E-state index contributed by atoms with van der Waals surface area (Å²) >= 11 is 0. The third kappa shape index (κ3) is 5.57.